The number of amides is 4. The van der Waals surface area contributed by atoms with Crippen LogP contribution in [0, 0.1) is 13.8 Å². The van der Waals surface area contributed by atoms with Gasteiger partial charge in [0.05, 0.1) is 22.8 Å². The summed E-state index contributed by atoms with van der Waals surface area (Å²) in [5, 5.41) is 5.10. The molecule has 0 saturated carbocycles. The van der Waals surface area contributed by atoms with Gasteiger partial charge < -0.3 is 15.4 Å². The molecule has 0 radical (unpaired) electrons. The van der Waals surface area contributed by atoms with Crippen molar-refractivity contribution in [2.75, 3.05) is 22.8 Å². The van der Waals surface area contributed by atoms with E-state index in [1.54, 1.807) is 24.3 Å². The first-order chi connectivity index (χ1) is 18.0. The van der Waals surface area contributed by atoms with Gasteiger partial charge in [-0.1, -0.05) is 48.2 Å². The molecule has 10 nitrogen and oxygen atoms in total. The SMILES string of the molecule is Cc1ccc(N(S)C(=O)NCCCOC(=O)c2ccc(NC(=O)NS(=O)(=O)c3ccc(C)cc3)cc2)cc1. The summed E-state index contributed by atoms with van der Waals surface area (Å²) in [4.78, 5) is 36.5. The van der Waals surface area contributed by atoms with Gasteiger partial charge in [-0.15, -0.1) is 0 Å². The van der Waals surface area contributed by atoms with Crippen molar-refractivity contribution in [3.05, 3.63) is 89.5 Å². The van der Waals surface area contributed by atoms with Crippen molar-refractivity contribution in [3.8, 4) is 0 Å². The number of aryl methyl sites for hydroxylation is 2. The van der Waals surface area contributed by atoms with Crippen molar-refractivity contribution in [3.63, 3.8) is 0 Å². The Bertz CT molecular complexity index is 1380. The third-order valence-electron chi connectivity index (χ3n) is 5.24. The fraction of sp³-hybridized carbons (Fsp3) is 0.192. The molecule has 4 amide bonds. The molecular weight excluding hydrogens is 528 g/mol. The second-order valence-corrected chi connectivity index (χ2v) is 10.4. The summed E-state index contributed by atoms with van der Waals surface area (Å²) in [5.74, 6) is -0.579. The molecule has 3 rings (SSSR count). The van der Waals surface area contributed by atoms with Crippen molar-refractivity contribution >= 4 is 52.2 Å². The molecule has 0 heterocycles. The number of carbonyl (C=O) groups excluding carboxylic acids is 3. The van der Waals surface area contributed by atoms with Gasteiger partial charge in [0.15, 0.2) is 0 Å². The lowest BCUT2D eigenvalue weighted by molar-refractivity contribution is 0.0501. The number of thiol groups is 1. The lowest BCUT2D eigenvalue weighted by atomic mass is 10.2. The highest BCUT2D eigenvalue weighted by Crippen LogP contribution is 2.17. The van der Waals surface area contributed by atoms with E-state index in [9.17, 15) is 22.8 Å². The second kappa shape index (κ2) is 13.0. The van der Waals surface area contributed by atoms with Gasteiger partial charge in [-0.25, -0.2) is 31.8 Å². The molecule has 0 atom stereocenters. The molecule has 3 aromatic carbocycles. The number of anilines is 2. The van der Waals surface area contributed by atoms with Crippen LogP contribution in [0.4, 0.5) is 21.0 Å². The fourth-order valence-electron chi connectivity index (χ4n) is 3.14. The Morgan fingerprint density at radius 3 is 2.05 bits per heavy atom. The summed E-state index contributed by atoms with van der Waals surface area (Å²) < 4.78 is 33.0. The van der Waals surface area contributed by atoms with Crippen LogP contribution in [0.25, 0.3) is 0 Å². The summed E-state index contributed by atoms with van der Waals surface area (Å²) in [6, 6.07) is 17.8. The molecule has 0 aromatic heterocycles. The first kappa shape index (κ1) is 28.5. The van der Waals surface area contributed by atoms with E-state index in [0.717, 1.165) is 11.1 Å². The first-order valence-corrected chi connectivity index (χ1v) is 13.4. The number of urea groups is 2. The number of ether oxygens (including phenoxy) is 1. The van der Waals surface area contributed by atoms with E-state index in [4.69, 9.17) is 4.74 Å². The maximum absolute atomic E-state index is 12.3. The van der Waals surface area contributed by atoms with Crippen molar-refractivity contribution in [2.45, 2.75) is 25.2 Å². The van der Waals surface area contributed by atoms with Gasteiger partial charge in [-0.3, -0.25) is 0 Å². The number of rotatable bonds is 9. The zero-order chi connectivity index (χ0) is 27.7. The third kappa shape index (κ3) is 8.25. The molecule has 0 saturated heterocycles. The number of carbonyl (C=O) groups is 3. The predicted molar refractivity (Wildman–Crippen MR) is 148 cm³/mol. The molecule has 0 aliphatic rings. The molecule has 0 aliphatic carbocycles. The minimum Gasteiger partial charge on any atom is -0.462 e. The lowest BCUT2D eigenvalue weighted by Crippen LogP contribution is -2.35. The molecule has 0 spiro atoms. The topological polar surface area (TPSA) is 134 Å². The first-order valence-electron chi connectivity index (χ1n) is 11.6. The molecule has 12 heteroatoms. The summed E-state index contributed by atoms with van der Waals surface area (Å²) in [6.45, 7) is 4.12. The van der Waals surface area contributed by atoms with E-state index in [0.29, 0.717) is 12.1 Å². The normalized spacial score (nSPS) is 10.8. The molecule has 0 fully saturated rings. The van der Waals surface area contributed by atoms with Crippen LogP contribution in [0.5, 0.6) is 0 Å². The third-order valence-corrected chi connectivity index (χ3v) is 7.00. The zero-order valence-corrected chi connectivity index (χ0v) is 22.5. The zero-order valence-electron chi connectivity index (χ0n) is 20.8. The van der Waals surface area contributed by atoms with Crippen LogP contribution >= 0.6 is 12.8 Å². The summed E-state index contributed by atoms with van der Waals surface area (Å²) in [6.07, 6.45) is 0.391. The number of hydrogen-bond donors (Lipinski definition) is 4. The number of sulfonamides is 1. The Morgan fingerprint density at radius 1 is 0.868 bits per heavy atom. The second-order valence-electron chi connectivity index (χ2n) is 8.32. The van der Waals surface area contributed by atoms with Crippen molar-refractivity contribution < 1.29 is 27.5 Å². The average Bonchev–Trinajstić information content (AvgIpc) is 2.88. The van der Waals surface area contributed by atoms with Gasteiger partial charge in [0.25, 0.3) is 10.0 Å². The molecule has 3 aromatic rings. The Morgan fingerprint density at radius 2 is 1.45 bits per heavy atom. The van der Waals surface area contributed by atoms with Crippen LogP contribution in [0.3, 0.4) is 0 Å². The predicted octanol–water partition coefficient (Wildman–Crippen LogP) is 4.42. The molecule has 0 unspecified atom stereocenters. The number of nitrogens with zero attached hydrogens (tertiary/aromatic N) is 1. The van der Waals surface area contributed by atoms with Crippen LogP contribution in [0.2, 0.25) is 0 Å². The molecule has 0 aliphatic heterocycles. The minimum atomic E-state index is -4.03. The molecule has 3 N–H and O–H groups in total. The van der Waals surface area contributed by atoms with Gasteiger partial charge in [-0.05, 0) is 68.8 Å². The highest BCUT2D eigenvalue weighted by atomic mass is 32.2. The Hall–Kier alpha value is -4.03. The largest absolute Gasteiger partial charge is 0.462 e. The standard InChI is InChI=1S/C26H28N4O6S2/c1-18-4-12-22(13-5-18)30(37)26(33)27-16-3-17-36-24(31)20-8-10-21(11-9-20)28-25(32)29-38(34,35)23-14-6-19(2)7-15-23/h4-15,37H,3,16-17H2,1-2H3,(H,27,33)(H2,28,29,32). The smallest absolute Gasteiger partial charge is 0.338 e. The van der Waals surface area contributed by atoms with E-state index in [1.807, 2.05) is 30.7 Å². The van der Waals surface area contributed by atoms with Crippen LogP contribution in [0.1, 0.15) is 27.9 Å². The van der Waals surface area contributed by atoms with Crippen LogP contribution in [0.15, 0.2) is 77.7 Å². The highest BCUT2D eigenvalue weighted by molar-refractivity contribution is 7.90. The van der Waals surface area contributed by atoms with E-state index < -0.39 is 28.1 Å². The van der Waals surface area contributed by atoms with Gasteiger partial charge >= 0.3 is 18.0 Å². The van der Waals surface area contributed by atoms with Crippen LogP contribution in [-0.2, 0) is 14.8 Å². The van der Waals surface area contributed by atoms with E-state index in [1.165, 1.54) is 40.7 Å². The minimum absolute atomic E-state index is 0.0369. The number of esters is 1. The monoisotopic (exact) mass is 556 g/mol. The molecule has 200 valence electrons. The summed E-state index contributed by atoms with van der Waals surface area (Å²) in [5.41, 5.74) is 3.11. The number of benzene rings is 3. The molecule has 38 heavy (non-hydrogen) atoms. The maximum Gasteiger partial charge on any atom is 0.338 e. The van der Waals surface area contributed by atoms with Gasteiger partial charge in [0, 0.05) is 12.2 Å². The van der Waals surface area contributed by atoms with Crippen LogP contribution in [-0.4, -0.2) is 39.6 Å². The molecular formula is C26H28N4O6S2. The quantitative estimate of drug-likeness (QED) is 0.175. The summed E-state index contributed by atoms with van der Waals surface area (Å²) in [7, 11) is -4.03. The van der Waals surface area contributed by atoms with Crippen molar-refractivity contribution in [1.29, 1.82) is 0 Å². The Kier molecular flexibility index (Phi) is 9.74. The van der Waals surface area contributed by atoms with Crippen LogP contribution < -0.4 is 19.7 Å². The molecule has 0 bridgehead atoms. The Balaban J connectivity index is 1.39. The average molecular weight is 557 g/mol. The maximum atomic E-state index is 12.3. The van der Waals surface area contributed by atoms with Gasteiger partial charge in [0.1, 0.15) is 0 Å². The number of hydrogen-bond acceptors (Lipinski definition) is 7. The van der Waals surface area contributed by atoms with Crippen molar-refractivity contribution in [2.24, 2.45) is 0 Å². The van der Waals surface area contributed by atoms with Gasteiger partial charge in [-0.2, -0.15) is 0 Å². The number of nitrogens with one attached hydrogen (secondary N) is 3. The van der Waals surface area contributed by atoms with Gasteiger partial charge in [0.2, 0.25) is 0 Å². The van der Waals surface area contributed by atoms with E-state index in [2.05, 4.69) is 23.4 Å². The Labute approximate surface area is 227 Å². The van der Waals surface area contributed by atoms with E-state index in [-0.39, 0.29) is 29.3 Å². The summed E-state index contributed by atoms with van der Waals surface area (Å²) >= 11 is 4.20. The van der Waals surface area contributed by atoms with Crippen molar-refractivity contribution in [1.82, 2.24) is 10.0 Å². The van der Waals surface area contributed by atoms with E-state index >= 15 is 0 Å². The lowest BCUT2D eigenvalue weighted by Gasteiger charge is -2.16. The highest BCUT2D eigenvalue weighted by Gasteiger charge is 2.18. The fourth-order valence-corrected chi connectivity index (χ4v) is 4.25.